The number of piperidine rings is 1. The van der Waals surface area contributed by atoms with E-state index in [1.54, 1.807) is 0 Å². The van der Waals surface area contributed by atoms with Gasteiger partial charge in [-0.3, -0.25) is 4.79 Å². The Bertz CT molecular complexity index is 221. The molecular formula is C12H24N2O2. The van der Waals surface area contributed by atoms with Crippen molar-refractivity contribution >= 4 is 5.97 Å². The lowest BCUT2D eigenvalue weighted by Crippen LogP contribution is -2.47. The number of nitrogens with one attached hydrogen (secondary N) is 1. The molecule has 16 heavy (non-hydrogen) atoms. The molecule has 1 N–H and O–H groups in total. The SMILES string of the molecule is CCNC1CC(CCC(=O)OC)CN(C)C1. The minimum Gasteiger partial charge on any atom is -0.469 e. The molecule has 1 aliphatic heterocycles. The molecule has 0 aromatic carbocycles. The van der Waals surface area contributed by atoms with E-state index in [1.165, 1.54) is 13.5 Å². The molecule has 2 unspecified atom stereocenters. The molecule has 94 valence electrons. The molecule has 0 radical (unpaired) electrons. The summed E-state index contributed by atoms with van der Waals surface area (Å²) < 4.78 is 4.67. The van der Waals surface area contributed by atoms with Crippen molar-refractivity contribution in [3.8, 4) is 0 Å². The molecule has 1 saturated heterocycles. The molecule has 0 spiro atoms. The summed E-state index contributed by atoms with van der Waals surface area (Å²) in [4.78, 5) is 13.4. The van der Waals surface area contributed by atoms with Gasteiger partial charge in [0, 0.05) is 25.6 Å². The molecule has 0 bridgehead atoms. The maximum absolute atomic E-state index is 11.1. The van der Waals surface area contributed by atoms with Gasteiger partial charge in [0.25, 0.3) is 0 Å². The van der Waals surface area contributed by atoms with Crippen LogP contribution in [0.5, 0.6) is 0 Å². The molecule has 0 aliphatic carbocycles. The zero-order valence-corrected chi connectivity index (χ0v) is 10.7. The lowest BCUT2D eigenvalue weighted by atomic mass is 9.90. The third-order valence-corrected chi connectivity index (χ3v) is 3.20. The van der Waals surface area contributed by atoms with Crippen LogP contribution in [0.2, 0.25) is 0 Å². The summed E-state index contributed by atoms with van der Waals surface area (Å²) in [6.07, 6.45) is 2.67. The highest BCUT2D eigenvalue weighted by Crippen LogP contribution is 2.20. The van der Waals surface area contributed by atoms with Crippen LogP contribution in [0.1, 0.15) is 26.2 Å². The molecule has 0 saturated carbocycles. The van der Waals surface area contributed by atoms with Crippen LogP contribution in [-0.4, -0.2) is 50.7 Å². The van der Waals surface area contributed by atoms with Gasteiger partial charge in [0.1, 0.15) is 0 Å². The van der Waals surface area contributed by atoms with Gasteiger partial charge in [0.15, 0.2) is 0 Å². The molecule has 4 heteroatoms. The minimum absolute atomic E-state index is 0.0896. The predicted octanol–water partition coefficient (Wildman–Crippen LogP) is 0.869. The van der Waals surface area contributed by atoms with Crippen molar-refractivity contribution in [3.63, 3.8) is 0 Å². The Morgan fingerprint density at radius 1 is 1.50 bits per heavy atom. The van der Waals surface area contributed by atoms with E-state index in [0.717, 1.165) is 26.1 Å². The third kappa shape index (κ3) is 4.49. The van der Waals surface area contributed by atoms with Crippen LogP contribution < -0.4 is 5.32 Å². The Hall–Kier alpha value is -0.610. The quantitative estimate of drug-likeness (QED) is 0.709. The summed E-state index contributed by atoms with van der Waals surface area (Å²) in [7, 11) is 3.60. The molecule has 1 aliphatic rings. The number of rotatable bonds is 5. The fourth-order valence-electron chi connectivity index (χ4n) is 2.51. The lowest BCUT2D eigenvalue weighted by Gasteiger charge is -2.36. The number of esters is 1. The van der Waals surface area contributed by atoms with Crippen LogP contribution in [0, 0.1) is 5.92 Å². The van der Waals surface area contributed by atoms with Crippen LogP contribution in [0.3, 0.4) is 0 Å². The highest BCUT2D eigenvalue weighted by Gasteiger charge is 2.24. The van der Waals surface area contributed by atoms with Crippen molar-refractivity contribution in [2.24, 2.45) is 5.92 Å². The minimum atomic E-state index is -0.0896. The molecular weight excluding hydrogens is 204 g/mol. The monoisotopic (exact) mass is 228 g/mol. The smallest absolute Gasteiger partial charge is 0.305 e. The maximum atomic E-state index is 11.1. The average molecular weight is 228 g/mol. The number of methoxy groups -OCH3 is 1. The van der Waals surface area contributed by atoms with Crippen molar-refractivity contribution in [2.75, 3.05) is 33.8 Å². The second-order valence-electron chi connectivity index (χ2n) is 4.69. The predicted molar refractivity (Wildman–Crippen MR) is 64.3 cm³/mol. The summed E-state index contributed by atoms with van der Waals surface area (Å²) in [5.41, 5.74) is 0. The van der Waals surface area contributed by atoms with Gasteiger partial charge in [-0.25, -0.2) is 0 Å². The summed E-state index contributed by atoms with van der Waals surface area (Å²) >= 11 is 0. The second-order valence-corrected chi connectivity index (χ2v) is 4.69. The Labute approximate surface area is 98.3 Å². The van der Waals surface area contributed by atoms with Crippen LogP contribution in [0.15, 0.2) is 0 Å². The second kappa shape index (κ2) is 6.86. The zero-order chi connectivity index (χ0) is 12.0. The van der Waals surface area contributed by atoms with Gasteiger partial charge in [-0.15, -0.1) is 0 Å². The van der Waals surface area contributed by atoms with E-state index < -0.39 is 0 Å². The summed E-state index contributed by atoms with van der Waals surface area (Å²) in [5.74, 6) is 0.523. The first-order valence-corrected chi connectivity index (χ1v) is 6.14. The fraction of sp³-hybridized carbons (Fsp3) is 0.917. The van der Waals surface area contributed by atoms with E-state index in [1.807, 2.05) is 0 Å². The fourth-order valence-corrected chi connectivity index (χ4v) is 2.51. The van der Waals surface area contributed by atoms with Gasteiger partial charge in [0.2, 0.25) is 0 Å². The highest BCUT2D eigenvalue weighted by molar-refractivity contribution is 5.69. The van der Waals surface area contributed by atoms with Crippen LogP contribution in [0.4, 0.5) is 0 Å². The first kappa shape index (κ1) is 13.5. The topological polar surface area (TPSA) is 41.6 Å². The summed E-state index contributed by atoms with van der Waals surface area (Å²) in [6.45, 7) is 5.36. The van der Waals surface area contributed by atoms with Gasteiger partial charge >= 0.3 is 5.97 Å². The number of nitrogens with zero attached hydrogens (tertiary/aromatic N) is 1. The number of likely N-dealkylation sites (N-methyl/N-ethyl adjacent to an activating group) is 2. The van der Waals surface area contributed by atoms with Crippen molar-refractivity contribution in [1.82, 2.24) is 10.2 Å². The van der Waals surface area contributed by atoms with Crippen molar-refractivity contribution in [3.05, 3.63) is 0 Å². The zero-order valence-electron chi connectivity index (χ0n) is 10.7. The molecule has 0 amide bonds. The van der Waals surface area contributed by atoms with Crippen molar-refractivity contribution in [2.45, 2.75) is 32.2 Å². The maximum Gasteiger partial charge on any atom is 0.305 e. The normalized spacial score (nSPS) is 26.7. The molecule has 2 atom stereocenters. The third-order valence-electron chi connectivity index (χ3n) is 3.20. The number of carbonyl (C=O) groups is 1. The number of carbonyl (C=O) groups excluding carboxylic acids is 1. The molecule has 1 rings (SSSR count). The average Bonchev–Trinajstić information content (AvgIpc) is 2.25. The molecule has 1 fully saturated rings. The molecule has 4 nitrogen and oxygen atoms in total. The van der Waals surface area contributed by atoms with E-state index in [2.05, 4.69) is 28.9 Å². The number of ether oxygens (including phenoxy) is 1. The Morgan fingerprint density at radius 2 is 2.25 bits per heavy atom. The number of likely N-dealkylation sites (tertiary alicyclic amines) is 1. The largest absolute Gasteiger partial charge is 0.469 e. The molecule has 0 aromatic heterocycles. The van der Waals surface area contributed by atoms with E-state index in [4.69, 9.17) is 0 Å². The number of hydrogen-bond donors (Lipinski definition) is 1. The highest BCUT2D eigenvalue weighted by atomic mass is 16.5. The first-order valence-electron chi connectivity index (χ1n) is 6.14. The van der Waals surface area contributed by atoms with Gasteiger partial charge in [-0.05, 0) is 32.4 Å². The van der Waals surface area contributed by atoms with Gasteiger partial charge in [-0.2, -0.15) is 0 Å². The van der Waals surface area contributed by atoms with Gasteiger partial charge in [0.05, 0.1) is 7.11 Å². The lowest BCUT2D eigenvalue weighted by molar-refractivity contribution is -0.141. The Morgan fingerprint density at radius 3 is 2.88 bits per heavy atom. The van der Waals surface area contributed by atoms with E-state index in [-0.39, 0.29) is 5.97 Å². The van der Waals surface area contributed by atoms with Crippen LogP contribution in [-0.2, 0) is 9.53 Å². The van der Waals surface area contributed by atoms with Crippen LogP contribution >= 0.6 is 0 Å². The molecule has 1 heterocycles. The van der Waals surface area contributed by atoms with Crippen molar-refractivity contribution in [1.29, 1.82) is 0 Å². The van der Waals surface area contributed by atoms with E-state index in [9.17, 15) is 4.79 Å². The Balaban J connectivity index is 2.32. The van der Waals surface area contributed by atoms with Crippen LogP contribution in [0.25, 0.3) is 0 Å². The summed E-state index contributed by atoms with van der Waals surface area (Å²) in [6, 6.07) is 0.575. The van der Waals surface area contributed by atoms with E-state index >= 15 is 0 Å². The first-order chi connectivity index (χ1) is 7.65. The number of hydrogen-bond acceptors (Lipinski definition) is 4. The van der Waals surface area contributed by atoms with Gasteiger partial charge in [-0.1, -0.05) is 6.92 Å². The summed E-state index contributed by atoms with van der Waals surface area (Å²) in [5, 5.41) is 3.49. The Kier molecular flexibility index (Phi) is 5.77. The standard InChI is InChI=1S/C12H24N2O2/c1-4-13-11-7-10(8-14(2)9-11)5-6-12(15)16-3/h10-11,13H,4-9H2,1-3H3. The molecule has 0 aromatic rings. The van der Waals surface area contributed by atoms with Gasteiger partial charge < -0.3 is 15.0 Å². The van der Waals surface area contributed by atoms with Crippen molar-refractivity contribution < 1.29 is 9.53 Å². The van der Waals surface area contributed by atoms with E-state index in [0.29, 0.717) is 18.4 Å².